The van der Waals surface area contributed by atoms with Crippen LogP contribution in [0.4, 0.5) is 0 Å². The van der Waals surface area contributed by atoms with E-state index in [0.717, 1.165) is 0 Å². The van der Waals surface area contributed by atoms with Crippen molar-refractivity contribution in [1.29, 1.82) is 0 Å². The molecule has 0 aliphatic heterocycles. The van der Waals surface area contributed by atoms with Crippen molar-refractivity contribution in [2.75, 3.05) is 0 Å². The van der Waals surface area contributed by atoms with Crippen LogP contribution in [0.15, 0.2) is 67.0 Å². The fourth-order valence-electron chi connectivity index (χ4n) is 2.10. The van der Waals surface area contributed by atoms with Gasteiger partial charge in [-0.25, -0.2) is 0 Å². The predicted octanol–water partition coefficient (Wildman–Crippen LogP) is 4.66. The average Bonchev–Trinajstić information content (AvgIpc) is 2.94. The molecule has 1 heteroatoms. The highest BCUT2D eigenvalue weighted by molar-refractivity contribution is 5.70. The van der Waals surface area contributed by atoms with Crippen LogP contribution < -0.4 is 0 Å². The van der Waals surface area contributed by atoms with Crippen LogP contribution in [0.2, 0.25) is 0 Å². The summed E-state index contributed by atoms with van der Waals surface area (Å²) in [6.07, 6.45) is 3.96. The molecular weight excluding hydrogens is 218 g/mol. The molecule has 0 saturated carbocycles. The smallest absolute Gasteiger partial charge is 0.00841 e. The summed E-state index contributed by atoms with van der Waals surface area (Å²) in [5.74, 6) is 0. The highest BCUT2D eigenvalue weighted by Gasteiger charge is 2.00. The number of hydrogen-bond donors (Lipinski definition) is 1. The van der Waals surface area contributed by atoms with Crippen molar-refractivity contribution in [3.63, 3.8) is 0 Å². The standard InChI is InChI=1S/C17H15N/c1-13-2-4-14(5-3-13)15-6-8-16(9-7-15)17-10-11-18-12-17/h2-12,18H,1H3. The summed E-state index contributed by atoms with van der Waals surface area (Å²) in [6.45, 7) is 2.11. The molecule has 0 saturated heterocycles. The second-order valence-electron chi connectivity index (χ2n) is 4.54. The van der Waals surface area contributed by atoms with Gasteiger partial charge in [0.1, 0.15) is 0 Å². The molecule has 88 valence electrons. The van der Waals surface area contributed by atoms with Gasteiger partial charge in [-0.3, -0.25) is 0 Å². The Kier molecular flexibility index (Phi) is 2.73. The SMILES string of the molecule is Cc1ccc(-c2ccc(-c3cc[nH]c3)cc2)cc1. The quantitative estimate of drug-likeness (QED) is 0.662. The third-order valence-electron chi connectivity index (χ3n) is 3.20. The van der Waals surface area contributed by atoms with Crippen molar-refractivity contribution in [1.82, 2.24) is 4.98 Å². The molecule has 1 nitrogen and oxygen atoms in total. The number of aryl methyl sites for hydroxylation is 1. The number of benzene rings is 2. The van der Waals surface area contributed by atoms with Gasteiger partial charge >= 0.3 is 0 Å². The molecule has 3 aromatic rings. The van der Waals surface area contributed by atoms with Gasteiger partial charge in [-0.05, 0) is 35.2 Å². The molecule has 18 heavy (non-hydrogen) atoms. The van der Waals surface area contributed by atoms with Gasteiger partial charge in [0.25, 0.3) is 0 Å². The zero-order chi connectivity index (χ0) is 12.4. The molecule has 0 unspecified atom stereocenters. The molecule has 3 rings (SSSR count). The number of rotatable bonds is 2. The zero-order valence-corrected chi connectivity index (χ0v) is 10.4. The lowest BCUT2D eigenvalue weighted by Gasteiger charge is -2.04. The van der Waals surface area contributed by atoms with E-state index >= 15 is 0 Å². The van der Waals surface area contributed by atoms with Gasteiger partial charge in [-0.1, -0.05) is 54.1 Å². The normalized spacial score (nSPS) is 10.5. The number of aromatic nitrogens is 1. The van der Waals surface area contributed by atoms with Gasteiger partial charge < -0.3 is 4.98 Å². The summed E-state index contributed by atoms with van der Waals surface area (Å²) in [4.78, 5) is 3.08. The van der Waals surface area contributed by atoms with E-state index in [4.69, 9.17) is 0 Å². The average molecular weight is 233 g/mol. The monoisotopic (exact) mass is 233 g/mol. The maximum atomic E-state index is 3.08. The summed E-state index contributed by atoms with van der Waals surface area (Å²) >= 11 is 0. The van der Waals surface area contributed by atoms with E-state index in [1.165, 1.54) is 27.8 Å². The first-order valence-corrected chi connectivity index (χ1v) is 6.13. The molecule has 0 radical (unpaired) electrons. The van der Waals surface area contributed by atoms with E-state index < -0.39 is 0 Å². The van der Waals surface area contributed by atoms with Crippen molar-refractivity contribution < 1.29 is 0 Å². The van der Waals surface area contributed by atoms with Crippen LogP contribution in [0.25, 0.3) is 22.3 Å². The van der Waals surface area contributed by atoms with Gasteiger partial charge in [0.05, 0.1) is 0 Å². The Hall–Kier alpha value is -2.28. The third kappa shape index (κ3) is 2.07. The maximum absolute atomic E-state index is 3.08. The van der Waals surface area contributed by atoms with Crippen LogP contribution in [0, 0.1) is 6.92 Å². The topological polar surface area (TPSA) is 15.8 Å². The lowest BCUT2D eigenvalue weighted by molar-refractivity contribution is 1.41. The van der Waals surface area contributed by atoms with E-state index in [1.54, 1.807) is 0 Å². The van der Waals surface area contributed by atoms with E-state index in [1.807, 2.05) is 12.4 Å². The molecule has 1 aromatic heterocycles. The molecule has 2 aromatic carbocycles. The molecule has 0 spiro atoms. The van der Waals surface area contributed by atoms with Crippen LogP contribution in [-0.4, -0.2) is 4.98 Å². The summed E-state index contributed by atoms with van der Waals surface area (Å²) in [6, 6.07) is 19.4. The Balaban J connectivity index is 1.94. The van der Waals surface area contributed by atoms with Gasteiger partial charge in [0, 0.05) is 12.4 Å². The molecule has 0 atom stereocenters. The Bertz CT molecular complexity index is 616. The van der Waals surface area contributed by atoms with E-state index in [-0.39, 0.29) is 0 Å². The fourth-order valence-corrected chi connectivity index (χ4v) is 2.10. The van der Waals surface area contributed by atoms with Crippen LogP contribution in [0.1, 0.15) is 5.56 Å². The van der Waals surface area contributed by atoms with Crippen LogP contribution >= 0.6 is 0 Å². The van der Waals surface area contributed by atoms with Crippen LogP contribution in [-0.2, 0) is 0 Å². The van der Waals surface area contributed by atoms with Gasteiger partial charge in [-0.15, -0.1) is 0 Å². The minimum atomic E-state index is 1.23. The minimum absolute atomic E-state index is 1.23. The highest BCUT2D eigenvalue weighted by Crippen LogP contribution is 2.24. The van der Waals surface area contributed by atoms with E-state index in [2.05, 4.69) is 66.5 Å². The second kappa shape index (κ2) is 4.53. The zero-order valence-electron chi connectivity index (χ0n) is 10.4. The molecular formula is C17H15N. The predicted molar refractivity (Wildman–Crippen MR) is 76.4 cm³/mol. The van der Waals surface area contributed by atoms with E-state index in [9.17, 15) is 0 Å². The molecule has 1 N–H and O–H groups in total. The number of aromatic amines is 1. The number of H-pyrrole nitrogens is 1. The lowest BCUT2D eigenvalue weighted by Crippen LogP contribution is -1.79. The first-order valence-electron chi connectivity index (χ1n) is 6.13. The molecule has 1 heterocycles. The molecule has 0 bridgehead atoms. The summed E-state index contributed by atoms with van der Waals surface area (Å²) in [7, 11) is 0. The first kappa shape index (κ1) is 10.8. The van der Waals surface area contributed by atoms with Gasteiger partial charge in [0.15, 0.2) is 0 Å². The number of hydrogen-bond acceptors (Lipinski definition) is 0. The van der Waals surface area contributed by atoms with Gasteiger partial charge in [0.2, 0.25) is 0 Å². The van der Waals surface area contributed by atoms with Crippen molar-refractivity contribution in [2.45, 2.75) is 6.92 Å². The van der Waals surface area contributed by atoms with Gasteiger partial charge in [-0.2, -0.15) is 0 Å². The van der Waals surface area contributed by atoms with E-state index in [0.29, 0.717) is 0 Å². The maximum Gasteiger partial charge on any atom is 0.00841 e. The number of nitrogens with one attached hydrogen (secondary N) is 1. The molecule has 0 amide bonds. The largest absolute Gasteiger partial charge is 0.367 e. The molecule has 0 aliphatic rings. The lowest BCUT2D eigenvalue weighted by atomic mass is 10.0. The third-order valence-corrected chi connectivity index (χ3v) is 3.20. The Morgan fingerprint density at radius 1 is 0.611 bits per heavy atom. The summed E-state index contributed by atoms with van der Waals surface area (Å²) in [5, 5.41) is 0. The highest BCUT2D eigenvalue weighted by atomic mass is 14.6. The van der Waals surface area contributed by atoms with Crippen LogP contribution in [0.3, 0.4) is 0 Å². The Morgan fingerprint density at radius 2 is 1.11 bits per heavy atom. The van der Waals surface area contributed by atoms with Crippen molar-refractivity contribution >= 4 is 0 Å². The summed E-state index contributed by atoms with van der Waals surface area (Å²) < 4.78 is 0. The fraction of sp³-hybridized carbons (Fsp3) is 0.0588. The Morgan fingerprint density at radius 3 is 1.61 bits per heavy atom. The Labute approximate surface area is 107 Å². The molecule has 0 aliphatic carbocycles. The van der Waals surface area contributed by atoms with Crippen LogP contribution in [0.5, 0.6) is 0 Å². The second-order valence-corrected chi connectivity index (χ2v) is 4.54. The molecule has 0 fully saturated rings. The minimum Gasteiger partial charge on any atom is -0.367 e. The van der Waals surface area contributed by atoms with Crippen molar-refractivity contribution in [3.8, 4) is 22.3 Å². The van der Waals surface area contributed by atoms with Crippen molar-refractivity contribution in [3.05, 3.63) is 72.6 Å². The summed E-state index contributed by atoms with van der Waals surface area (Å²) in [5.41, 5.74) is 6.29. The first-order chi connectivity index (χ1) is 8.83. The van der Waals surface area contributed by atoms with Crippen molar-refractivity contribution in [2.24, 2.45) is 0 Å².